The Hall–Kier alpha value is -1.81. The Kier molecular flexibility index (Phi) is 2.69. The van der Waals surface area contributed by atoms with Crippen LogP contribution in [0.15, 0.2) is 30.5 Å². The zero-order valence-corrected chi connectivity index (χ0v) is 8.49. The quantitative estimate of drug-likeness (QED) is 0.708. The Labute approximate surface area is 88.0 Å². The van der Waals surface area contributed by atoms with Crippen molar-refractivity contribution in [1.82, 2.24) is 15.3 Å². The van der Waals surface area contributed by atoms with Crippen LogP contribution in [0.5, 0.6) is 5.75 Å². The van der Waals surface area contributed by atoms with Crippen LogP contribution in [0, 0.1) is 0 Å². The van der Waals surface area contributed by atoms with Crippen molar-refractivity contribution in [2.45, 2.75) is 6.54 Å². The topological polar surface area (TPSA) is 60.9 Å². The monoisotopic (exact) mass is 203 g/mol. The third kappa shape index (κ3) is 1.99. The summed E-state index contributed by atoms with van der Waals surface area (Å²) in [5, 5.41) is 12.7. The van der Waals surface area contributed by atoms with E-state index in [1.807, 2.05) is 19.2 Å². The van der Waals surface area contributed by atoms with Gasteiger partial charge in [0.1, 0.15) is 11.6 Å². The predicted octanol–water partition coefficient (Wildman–Crippen LogP) is 1.50. The van der Waals surface area contributed by atoms with Gasteiger partial charge in [0.05, 0.1) is 5.56 Å². The van der Waals surface area contributed by atoms with E-state index in [0.29, 0.717) is 5.82 Å². The highest BCUT2D eigenvalue weighted by Gasteiger charge is 2.06. The SMILES string of the molecule is CNCc1cnc(-c2ccccc2O)[nH]1. The van der Waals surface area contributed by atoms with Gasteiger partial charge in [-0.25, -0.2) is 4.98 Å². The van der Waals surface area contributed by atoms with E-state index in [0.717, 1.165) is 17.8 Å². The average molecular weight is 203 g/mol. The molecule has 0 unspecified atom stereocenters. The van der Waals surface area contributed by atoms with Crippen LogP contribution in [0.2, 0.25) is 0 Å². The lowest BCUT2D eigenvalue weighted by molar-refractivity contribution is 0.477. The lowest BCUT2D eigenvalue weighted by Crippen LogP contribution is -2.04. The minimum atomic E-state index is 0.239. The average Bonchev–Trinajstić information content (AvgIpc) is 2.68. The van der Waals surface area contributed by atoms with Crippen LogP contribution >= 0.6 is 0 Å². The number of rotatable bonds is 3. The first-order valence-corrected chi connectivity index (χ1v) is 4.78. The molecule has 4 nitrogen and oxygen atoms in total. The summed E-state index contributed by atoms with van der Waals surface area (Å²) in [7, 11) is 1.88. The van der Waals surface area contributed by atoms with E-state index in [2.05, 4.69) is 15.3 Å². The van der Waals surface area contributed by atoms with Crippen LogP contribution in [0.1, 0.15) is 5.69 Å². The van der Waals surface area contributed by atoms with Gasteiger partial charge in [0.25, 0.3) is 0 Å². The molecule has 1 heterocycles. The van der Waals surface area contributed by atoms with Crippen LogP contribution in [0.3, 0.4) is 0 Å². The fourth-order valence-electron chi connectivity index (χ4n) is 1.45. The number of para-hydroxylation sites is 1. The number of H-pyrrole nitrogens is 1. The van der Waals surface area contributed by atoms with Crippen LogP contribution in [0.4, 0.5) is 0 Å². The smallest absolute Gasteiger partial charge is 0.141 e. The maximum absolute atomic E-state index is 9.63. The number of benzene rings is 1. The highest BCUT2D eigenvalue weighted by molar-refractivity contribution is 5.63. The summed E-state index contributed by atoms with van der Waals surface area (Å²) in [5.41, 5.74) is 1.72. The molecule has 2 aromatic rings. The Morgan fingerprint density at radius 2 is 2.20 bits per heavy atom. The van der Waals surface area contributed by atoms with Crippen molar-refractivity contribution in [3.05, 3.63) is 36.2 Å². The van der Waals surface area contributed by atoms with Crippen molar-refractivity contribution in [3.8, 4) is 17.1 Å². The number of hydrogen-bond acceptors (Lipinski definition) is 3. The summed E-state index contributed by atoms with van der Waals surface area (Å²) in [6.45, 7) is 0.737. The summed E-state index contributed by atoms with van der Waals surface area (Å²) < 4.78 is 0. The first kappa shape index (κ1) is 9.73. The molecule has 0 fully saturated rings. The summed E-state index contributed by atoms with van der Waals surface area (Å²) in [6, 6.07) is 7.14. The molecule has 0 aliphatic carbocycles. The highest BCUT2D eigenvalue weighted by atomic mass is 16.3. The van der Waals surface area contributed by atoms with Gasteiger partial charge in [-0.2, -0.15) is 0 Å². The molecule has 0 saturated heterocycles. The van der Waals surface area contributed by atoms with Crippen molar-refractivity contribution in [2.75, 3.05) is 7.05 Å². The van der Waals surface area contributed by atoms with Gasteiger partial charge in [-0.1, -0.05) is 12.1 Å². The predicted molar refractivity (Wildman–Crippen MR) is 58.5 cm³/mol. The summed E-state index contributed by atoms with van der Waals surface area (Å²) in [5.74, 6) is 0.932. The number of phenols is 1. The van der Waals surface area contributed by atoms with Gasteiger partial charge >= 0.3 is 0 Å². The lowest BCUT2D eigenvalue weighted by Gasteiger charge is -1.99. The highest BCUT2D eigenvalue weighted by Crippen LogP contribution is 2.25. The first-order valence-electron chi connectivity index (χ1n) is 4.78. The van der Waals surface area contributed by atoms with Gasteiger partial charge in [0.2, 0.25) is 0 Å². The summed E-state index contributed by atoms with van der Waals surface area (Å²) in [6.07, 6.45) is 1.76. The molecule has 0 bridgehead atoms. The Morgan fingerprint density at radius 1 is 1.40 bits per heavy atom. The molecular weight excluding hydrogens is 190 g/mol. The van der Waals surface area contributed by atoms with Gasteiger partial charge in [0, 0.05) is 18.4 Å². The maximum atomic E-state index is 9.63. The number of hydrogen-bond donors (Lipinski definition) is 3. The molecule has 0 saturated carbocycles. The molecule has 1 aromatic heterocycles. The molecule has 0 amide bonds. The van der Waals surface area contributed by atoms with Crippen LogP contribution in [-0.4, -0.2) is 22.1 Å². The normalized spacial score (nSPS) is 10.5. The number of aromatic nitrogens is 2. The lowest BCUT2D eigenvalue weighted by atomic mass is 10.2. The number of aromatic hydroxyl groups is 1. The standard InChI is InChI=1S/C11H13N3O/c1-12-6-8-7-13-11(14-8)9-4-2-3-5-10(9)15/h2-5,7,12,15H,6H2,1H3,(H,13,14). The molecular formula is C11H13N3O. The molecule has 3 N–H and O–H groups in total. The van der Waals surface area contributed by atoms with Crippen molar-refractivity contribution in [3.63, 3.8) is 0 Å². The fraction of sp³-hybridized carbons (Fsp3) is 0.182. The summed E-state index contributed by atoms with van der Waals surface area (Å²) in [4.78, 5) is 7.35. The van der Waals surface area contributed by atoms with Gasteiger partial charge in [-0.15, -0.1) is 0 Å². The van der Waals surface area contributed by atoms with Gasteiger partial charge in [0.15, 0.2) is 0 Å². The number of nitrogens with zero attached hydrogens (tertiary/aromatic N) is 1. The number of phenolic OH excluding ortho intramolecular Hbond substituents is 1. The molecule has 0 aliphatic rings. The second kappa shape index (κ2) is 4.14. The van der Waals surface area contributed by atoms with Gasteiger partial charge < -0.3 is 15.4 Å². The Bertz CT molecular complexity index is 451. The van der Waals surface area contributed by atoms with E-state index < -0.39 is 0 Å². The zero-order valence-electron chi connectivity index (χ0n) is 8.49. The number of imidazole rings is 1. The van der Waals surface area contributed by atoms with E-state index in [1.165, 1.54) is 0 Å². The van der Waals surface area contributed by atoms with E-state index in [4.69, 9.17) is 0 Å². The minimum absolute atomic E-state index is 0.239. The Morgan fingerprint density at radius 3 is 2.93 bits per heavy atom. The first-order chi connectivity index (χ1) is 7.31. The molecule has 15 heavy (non-hydrogen) atoms. The minimum Gasteiger partial charge on any atom is -0.507 e. The second-order valence-electron chi connectivity index (χ2n) is 3.30. The van der Waals surface area contributed by atoms with E-state index in [9.17, 15) is 5.11 Å². The second-order valence-corrected chi connectivity index (χ2v) is 3.30. The number of nitrogens with one attached hydrogen (secondary N) is 2. The third-order valence-corrected chi connectivity index (χ3v) is 2.15. The fourth-order valence-corrected chi connectivity index (χ4v) is 1.45. The van der Waals surface area contributed by atoms with Crippen molar-refractivity contribution >= 4 is 0 Å². The molecule has 2 rings (SSSR count). The third-order valence-electron chi connectivity index (χ3n) is 2.15. The van der Waals surface area contributed by atoms with E-state index in [1.54, 1.807) is 18.3 Å². The van der Waals surface area contributed by atoms with Crippen molar-refractivity contribution in [1.29, 1.82) is 0 Å². The molecule has 0 radical (unpaired) electrons. The number of aromatic amines is 1. The van der Waals surface area contributed by atoms with Crippen LogP contribution in [0.25, 0.3) is 11.4 Å². The van der Waals surface area contributed by atoms with Crippen molar-refractivity contribution < 1.29 is 5.11 Å². The molecule has 78 valence electrons. The largest absolute Gasteiger partial charge is 0.507 e. The van der Waals surface area contributed by atoms with E-state index >= 15 is 0 Å². The zero-order chi connectivity index (χ0) is 10.7. The van der Waals surface area contributed by atoms with Crippen LogP contribution in [-0.2, 0) is 6.54 Å². The van der Waals surface area contributed by atoms with Crippen LogP contribution < -0.4 is 5.32 Å². The summed E-state index contributed by atoms with van der Waals surface area (Å²) >= 11 is 0. The Balaban J connectivity index is 2.33. The molecule has 4 heteroatoms. The van der Waals surface area contributed by atoms with E-state index in [-0.39, 0.29) is 5.75 Å². The maximum Gasteiger partial charge on any atom is 0.141 e. The molecule has 0 atom stereocenters. The van der Waals surface area contributed by atoms with Gasteiger partial charge in [-0.3, -0.25) is 0 Å². The molecule has 0 spiro atoms. The molecule has 1 aromatic carbocycles. The van der Waals surface area contributed by atoms with Crippen molar-refractivity contribution in [2.24, 2.45) is 0 Å². The molecule has 0 aliphatic heterocycles. The van der Waals surface area contributed by atoms with Gasteiger partial charge in [-0.05, 0) is 19.2 Å².